The summed E-state index contributed by atoms with van der Waals surface area (Å²) in [7, 11) is -0.262. The van der Waals surface area contributed by atoms with Gasteiger partial charge in [-0.25, -0.2) is 0 Å². The highest BCUT2D eigenvalue weighted by molar-refractivity contribution is 6.74. The Morgan fingerprint density at radius 3 is 2.12 bits per heavy atom. The molecule has 4 heteroatoms. The summed E-state index contributed by atoms with van der Waals surface area (Å²) in [5.41, 5.74) is 2.70. The molecule has 0 aromatic carbocycles. The number of allylic oxidation sites excluding steroid dienone is 2. The molecule has 5 aliphatic carbocycles. The number of methoxy groups -OCH3 is 1. The second-order valence-electron chi connectivity index (χ2n) is 19.0. The number of hydrogen-bond acceptors (Lipinski definition) is 3. The van der Waals surface area contributed by atoms with E-state index in [0.29, 0.717) is 40.1 Å². The topological polar surface area (TPSA) is 35.5 Å². The largest absolute Gasteiger partial charge is 0.469 e. The smallest absolute Gasteiger partial charge is 0.311 e. The third-order valence-electron chi connectivity index (χ3n) is 15.7. The van der Waals surface area contributed by atoms with Crippen molar-refractivity contribution in [2.45, 2.75) is 158 Å². The molecule has 234 valence electrons. The highest BCUT2D eigenvalue weighted by Crippen LogP contribution is 2.76. The van der Waals surface area contributed by atoms with E-state index in [1.165, 1.54) is 44.9 Å². The van der Waals surface area contributed by atoms with Gasteiger partial charge in [-0.2, -0.15) is 0 Å². The van der Waals surface area contributed by atoms with Crippen LogP contribution in [0.5, 0.6) is 0 Å². The lowest BCUT2D eigenvalue weighted by molar-refractivity contribution is -0.201. The van der Waals surface area contributed by atoms with Gasteiger partial charge in [-0.05, 0) is 134 Å². The van der Waals surface area contributed by atoms with Crippen LogP contribution in [-0.2, 0) is 14.0 Å². The Balaban J connectivity index is 1.48. The summed E-state index contributed by atoms with van der Waals surface area (Å²) < 4.78 is 12.6. The standard InChI is InChI=1S/C37H64O3Si/c1-31(2,3)41(12,13)40-29-17-18-35(8)27(32(29,4)5)16-19-37(10)28(35)15-14-25-26-24-34(7,30(38)39-11)21-20-33(26,6)22-23-36(25,37)9/h14,26-29H,15-24H2,1-13H3/t26-,27-,28?,29?,33+,34-,35-,36+,37+/m0/s1. The van der Waals surface area contributed by atoms with Crippen LogP contribution in [-0.4, -0.2) is 27.5 Å². The van der Waals surface area contributed by atoms with Gasteiger partial charge in [0.15, 0.2) is 8.32 Å². The molecule has 41 heavy (non-hydrogen) atoms. The molecule has 0 spiro atoms. The molecule has 9 atom stereocenters. The van der Waals surface area contributed by atoms with Crippen molar-refractivity contribution in [2.24, 2.45) is 50.2 Å². The van der Waals surface area contributed by atoms with Crippen molar-refractivity contribution >= 4 is 14.3 Å². The van der Waals surface area contributed by atoms with Gasteiger partial charge in [0, 0.05) is 0 Å². The van der Waals surface area contributed by atoms with E-state index in [9.17, 15) is 4.79 Å². The van der Waals surface area contributed by atoms with Crippen LogP contribution in [0.4, 0.5) is 0 Å². The summed E-state index contributed by atoms with van der Waals surface area (Å²) in [5, 5.41) is 0.243. The van der Waals surface area contributed by atoms with E-state index < -0.39 is 8.32 Å². The lowest BCUT2D eigenvalue weighted by Crippen LogP contribution is -2.65. The predicted molar refractivity (Wildman–Crippen MR) is 173 cm³/mol. The Kier molecular flexibility index (Phi) is 7.33. The molecular weight excluding hydrogens is 520 g/mol. The molecule has 0 saturated heterocycles. The highest BCUT2D eigenvalue weighted by Gasteiger charge is 2.68. The fourth-order valence-electron chi connectivity index (χ4n) is 11.5. The van der Waals surface area contributed by atoms with Gasteiger partial charge in [0.25, 0.3) is 0 Å². The number of hydrogen-bond donors (Lipinski definition) is 0. The molecule has 0 N–H and O–H groups in total. The minimum atomic E-state index is -1.84. The van der Waals surface area contributed by atoms with Gasteiger partial charge in [-0.3, -0.25) is 4.79 Å². The average Bonchev–Trinajstić information content (AvgIpc) is 2.86. The Labute approximate surface area is 254 Å². The molecule has 0 heterocycles. The summed E-state index contributed by atoms with van der Waals surface area (Å²) in [6, 6.07) is 0. The van der Waals surface area contributed by atoms with Crippen LogP contribution in [0.15, 0.2) is 11.6 Å². The number of fused-ring (bicyclic) bond motifs is 7. The molecule has 4 fully saturated rings. The first-order valence-electron chi connectivity index (χ1n) is 17.1. The van der Waals surface area contributed by atoms with E-state index in [4.69, 9.17) is 9.16 Å². The first-order valence-corrected chi connectivity index (χ1v) is 20.0. The average molecular weight is 585 g/mol. The minimum Gasteiger partial charge on any atom is -0.469 e. The first-order chi connectivity index (χ1) is 18.6. The fraction of sp³-hybridized carbons (Fsp3) is 0.919. The second-order valence-corrected chi connectivity index (χ2v) is 23.7. The fourth-order valence-corrected chi connectivity index (χ4v) is 13.0. The summed E-state index contributed by atoms with van der Waals surface area (Å²) >= 11 is 0. The van der Waals surface area contributed by atoms with Crippen LogP contribution in [0.2, 0.25) is 18.1 Å². The summed E-state index contributed by atoms with van der Waals surface area (Å²) in [4.78, 5) is 13.0. The third kappa shape index (κ3) is 4.36. The summed E-state index contributed by atoms with van der Waals surface area (Å²) in [5.74, 6) is 1.89. The zero-order valence-corrected chi connectivity index (χ0v) is 30.2. The normalized spacial score (nSPS) is 47.7. The maximum Gasteiger partial charge on any atom is 0.311 e. The van der Waals surface area contributed by atoms with Crippen LogP contribution < -0.4 is 0 Å². The lowest BCUT2D eigenvalue weighted by atomic mass is 9.33. The van der Waals surface area contributed by atoms with Crippen LogP contribution in [0.25, 0.3) is 0 Å². The van der Waals surface area contributed by atoms with Crippen LogP contribution in [0.3, 0.4) is 0 Å². The predicted octanol–water partition coefficient (Wildman–Crippen LogP) is 10.4. The molecule has 2 unspecified atom stereocenters. The summed E-state index contributed by atoms with van der Waals surface area (Å²) in [6.45, 7) is 29.9. The Morgan fingerprint density at radius 1 is 0.878 bits per heavy atom. The van der Waals surface area contributed by atoms with Gasteiger partial charge < -0.3 is 9.16 Å². The number of carbonyl (C=O) groups is 1. The van der Waals surface area contributed by atoms with E-state index in [2.05, 4.69) is 88.4 Å². The molecule has 0 aliphatic heterocycles. The molecule has 0 radical (unpaired) electrons. The molecule has 3 nitrogen and oxygen atoms in total. The van der Waals surface area contributed by atoms with E-state index in [1.54, 1.807) is 12.7 Å². The van der Waals surface area contributed by atoms with E-state index >= 15 is 0 Å². The molecule has 5 aliphatic rings. The van der Waals surface area contributed by atoms with Gasteiger partial charge in [0.2, 0.25) is 0 Å². The van der Waals surface area contributed by atoms with E-state index in [0.717, 1.165) is 19.3 Å². The Morgan fingerprint density at radius 2 is 1.51 bits per heavy atom. The van der Waals surface area contributed by atoms with Crippen molar-refractivity contribution in [1.29, 1.82) is 0 Å². The molecule has 0 aromatic heterocycles. The van der Waals surface area contributed by atoms with E-state index in [1.807, 2.05) is 0 Å². The molecule has 4 saturated carbocycles. The van der Waals surface area contributed by atoms with Gasteiger partial charge in [-0.15, -0.1) is 0 Å². The monoisotopic (exact) mass is 584 g/mol. The van der Waals surface area contributed by atoms with Crippen LogP contribution in [0, 0.1) is 50.2 Å². The van der Waals surface area contributed by atoms with Crippen LogP contribution in [0.1, 0.15) is 133 Å². The second kappa shape index (κ2) is 9.45. The van der Waals surface area contributed by atoms with Gasteiger partial charge in [0.1, 0.15) is 0 Å². The van der Waals surface area contributed by atoms with Crippen molar-refractivity contribution < 1.29 is 14.0 Å². The highest BCUT2D eigenvalue weighted by atomic mass is 28.4. The molecule has 0 aromatic rings. The number of esters is 1. The minimum absolute atomic E-state index is 0.000692. The Bertz CT molecular complexity index is 1100. The first kappa shape index (κ1) is 31.8. The quantitative estimate of drug-likeness (QED) is 0.188. The van der Waals surface area contributed by atoms with Crippen molar-refractivity contribution in [1.82, 2.24) is 0 Å². The zero-order valence-electron chi connectivity index (χ0n) is 29.2. The van der Waals surface area contributed by atoms with E-state index in [-0.39, 0.29) is 27.3 Å². The third-order valence-corrected chi connectivity index (χ3v) is 20.2. The zero-order chi connectivity index (χ0) is 30.7. The maximum atomic E-state index is 13.0. The Hall–Kier alpha value is -0.613. The van der Waals surface area contributed by atoms with Crippen molar-refractivity contribution in [2.75, 3.05) is 7.11 Å². The van der Waals surface area contributed by atoms with Crippen LogP contribution >= 0.6 is 0 Å². The lowest BCUT2D eigenvalue weighted by Gasteiger charge is -2.71. The SMILES string of the molecule is COC(=O)[C@@]1(C)CC[C@]2(C)CC[C@]3(C)C(=CCC4[C@@]5(C)CCC(O[Si](C)(C)C(C)(C)C)C(C)(C)[C@@H]5CC[C@]43C)[C@@H]2C1. The van der Waals surface area contributed by atoms with Crippen molar-refractivity contribution in [3.63, 3.8) is 0 Å². The summed E-state index contributed by atoms with van der Waals surface area (Å²) in [6.07, 6.45) is 15.1. The van der Waals surface area contributed by atoms with Crippen molar-refractivity contribution in [3.05, 3.63) is 11.6 Å². The molecular formula is C37H64O3Si. The number of carbonyl (C=O) groups excluding carboxylic acids is 1. The van der Waals surface area contributed by atoms with Crippen molar-refractivity contribution in [3.8, 4) is 0 Å². The van der Waals surface area contributed by atoms with Gasteiger partial charge in [0.05, 0.1) is 18.6 Å². The number of rotatable bonds is 3. The molecule has 0 bridgehead atoms. The van der Waals surface area contributed by atoms with Gasteiger partial charge >= 0.3 is 5.97 Å². The maximum absolute atomic E-state index is 13.0. The number of ether oxygens (including phenoxy) is 1. The molecule has 5 rings (SSSR count). The molecule has 0 amide bonds. The van der Waals surface area contributed by atoms with Gasteiger partial charge in [-0.1, -0.05) is 74.0 Å².